The number of rotatable bonds is 13. The zero-order chi connectivity index (χ0) is 22.0. The second-order valence-corrected chi connectivity index (χ2v) is 12.0. The van der Waals surface area contributed by atoms with Crippen LogP contribution in [0.15, 0.2) is 24.3 Å². The van der Waals surface area contributed by atoms with E-state index in [4.69, 9.17) is 0 Å². The van der Waals surface area contributed by atoms with Crippen LogP contribution in [0.25, 0.3) is 0 Å². The van der Waals surface area contributed by atoms with Crippen molar-refractivity contribution in [1.82, 2.24) is 0 Å². The summed E-state index contributed by atoms with van der Waals surface area (Å²) >= 11 is 0. The average molecular weight is 523 g/mol. The Labute approximate surface area is 188 Å². The molecule has 0 amide bonds. The van der Waals surface area contributed by atoms with Crippen LogP contribution in [0, 0.1) is 0 Å². The predicted octanol–water partition coefficient (Wildman–Crippen LogP) is 5.47. The normalized spacial score (nSPS) is 12.7. The zero-order valence-corrected chi connectivity index (χ0v) is 20.4. The minimum absolute atomic E-state index is 0. The van der Waals surface area contributed by atoms with Gasteiger partial charge in [-0.1, -0.05) is 39.5 Å². The molecule has 176 valence electrons. The van der Waals surface area contributed by atoms with Gasteiger partial charge in [0.05, 0.1) is 35.8 Å². The van der Waals surface area contributed by atoms with Gasteiger partial charge < -0.3 is 17.0 Å². The van der Waals surface area contributed by atoms with Crippen molar-refractivity contribution < 1.29 is 43.3 Å². The minimum atomic E-state index is -4.44. The monoisotopic (exact) mass is 522 g/mol. The number of hydrogen-bond acceptors (Lipinski definition) is 0. The molecule has 8 heteroatoms. The highest BCUT2D eigenvalue weighted by molar-refractivity contribution is 7.82. The smallest absolute Gasteiger partial charge is 0.416 e. The van der Waals surface area contributed by atoms with Gasteiger partial charge in [0, 0.05) is 7.26 Å². The number of benzene rings is 1. The van der Waals surface area contributed by atoms with Gasteiger partial charge in [-0.15, -0.1) is 0 Å². The van der Waals surface area contributed by atoms with Gasteiger partial charge in [0.25, 0.3) is 0 Å². The first-order valence-corrected chi connectivity index (χ1v) is 13.0. The van der Waals surface area contributed by atoms with Crippen LogP contribution in [0.4, 0.5) is 26.3 Å². The molecule has 0 radical (unpaired) electrons. The number of unbranched alkanes of at least 4 members (excludes halogenated alkanes) is 6. The summed E-state index contributed by atoms with van der Waals surface area (Å²) in [7, 11) is -2.18. The topological polar surface area (TPSA) is 0 Å². The van der Waals surface area contributed by atoms with Gasteiger partial charge in [-0.3, -0.25) is 0 Å². The fraction of sp³-hybridized carbons (Fsp3) is 0.727. The molecule has 0 saturated heterocycles. The Morgan fingerprint density at radius 1 is 0.667 bits per heavy atom. The SMILES string of the molecule is CCCCCC[P+](CCCCCC)(CCC(F)(F)F)c1ccc(C(F)(F)F)cc1.[Br-]. The van der Waals surface area contributed by atoms with Crippen molar-refractivity contribution >= 4 is 12.6 Å². The first-order valence-electron chi connectivity index (χ1n) is 10.6. The third-order valence-electron chi connectivity index (χ3n) is 5.45. The van der Waals surface area contributed by atoms with E-state index < -0.39 is 31.6 Å². The molecule has 0 spiro atoms. The van der Waals surface area contributed by atoms with Gasteiger partial charge in [-0.05, 0) is 49.9 Å². The summed E-state index contributed by atoms with van der Waals surface area (Å²) < 4.78 is 78.1. The lowest BCUT2D eigenvalue weighted by atomic mass is 10.2. The molecule has 0 nitrogen and oxygen atoms in total. The van der Waals surface area contributed by atoms with E-state index in [1.165, 1.54) is 12.1 Å². The number of alkyl halides is 6. The van der Waals surface area contributed by atoms with Gasteiger partial charge in [-0.2, -0.15) is 26.3 Å². The van der Waals surface area contributed by atoms with Crippen LogP contribution in [0.1, 0.15) is 77.2 Å². The van der Waals surface area contributed by atoms with Crippen LogP contribution >= 0.6 is 7.26 Å². The summed E-state index contributed by atoms with van der Waals surface area (Å²) in [5.41, 5.74) is -0.743. The zero-order valence-electron chi connectivity index (χ0n) is 17.9. The molecule has 0 N–H and O–H groups in total. The van der Waals surface area contributed by atoms with E-state index in [0.717, 1.165) is 68.8 Å². The van der Waals surface area contributed by atoms with Crippen molar-refractivity contribution in [2.75, 3.05) is 18.5 Å². The molecule has 0 bridgehead atoms. The van der Waals surface area contributed by atoms with E-state index in [2.05, 4.69) is 13.8 Å². The summed E-state index contributed by atoms with van der Waals surface area (Å²) in [6.45, 7) is 4.15. The molecule has 0 fully saturated rings. The first kappa shape index (κ1) is 29.7. The molecule has 30 heavy (non-hydrogen) atoms. The molecule has 0 aromatic heterocycles. The van der Waals surface area contributed by atoms with Crippen molar-refractivity contribution in [3.05, 3.63) is 29.8 Å². The highest BCUT2D eigenvalue weighted by Crippen LogP contribution is 2.60. The van der Waals surface area contributed by atoms with Gasteiger partial charge in [0.1, 0.15) is 0 Å². The maximum Gasteiger partial charge on any atom is 0.416 e. The third kappa shape index (κ3) is 10.8. The highest BCUT2D eigenvalue weighted by atomic mass is 79.9. The van der Waals surface area contributed by atoms with Gasteiger partial charge >= 0.3 is 12.4 Å². The molecule has 1 rings (SSSR count). The molecule has 0 unspecified atom stereocenters. The fourth-order valence-corrected chi connectivity index (χ4v) is 8.28. The second kappa shape index (κ2) is 14.0. The average Bonchev–Trinajstić information content (AvgIpc) is 2.65. The van der Waals surface area contributed by atoms with E-state index in [-0.39, 0.29) is 23.1 Å². The van der Waals surface area contributed by atoms with Crippen molar-refractivity contribution in [3.63, 3.8) is 0 Å². The second-order valence-electron chi connectivity index (χ2n) is 7.85. The Hall–Kier alpha value is -0.290. The maximum atomic E-state index is 13.1. The summed E-state index contributed by atoms with van der Waals surface area (Å²) in [5.74, 6) is 0. The third-order valence-corrected chi connectivity index (χ3v) is 10.3. The largest absolute Gasteiger partial charge is 1.00 e. The fourth-order valence-electron chi connectivity index (χ4n) is 3.71. The molecule has 0 aliphatic carbocycles. The van der Waals surface area contributed by atoms with E-state index in [1.54, 1.807) is 0 Å². The standard InChI is InChI=1S/C22H34F6P.BrH/c1-3-5-7-9-16-29(17-10-8-6-4-2,18-15-21(23,24)25)20-13-11-19(12-14-20)22(26,27)28;/h11-14H,3-10,15-18H2,1-2H3;1H/q+1;/p-1. The molecule has 1 aromatic rings. The quantitative estimate of drug-likeness (QED) is 0.183. The van der Waals surface area contributed by atoms with Crippen molar-refractivity contribution in [3.8, 4) is 0 Å². The number of hydrogen-bond donors (Lipinski definition) is 0. The maximum absolute atomic E-state index is 13.1. The highest BCUT2D eigenvalue weighted by Gasteiger charge is 2.43. The summed E-state index contributed by atoms with van der Waals surface area (Å²) in [4.78, 5) is 0. The molecule has 0 heterocycles. The Bertz CT molecular complexity index is 556. The van der Waals surface area contributed by atoms with Gasteiger partial charge in [0.2, 0.25) is 0 Å². The van der Waals surface area contributed by atoms with Crippen LogP contribution in [-0.4, -0.2) is 24.7 Å². The summed E-state index contributed by atoms with van der Waals surface area (Å²) in [6.07, 6.45) is -0.384. The van der Waals surface area contributed by atoms with Crippen LogP contribution in [0.3, 0.4) is 0 Å². The summed E-state index contributed by atoms with van der Waals surface area (Å²) in [5, 5.41) is 0.725. The van der Waals surface area contributed by atoms with Crippen molar-refractivity contribution in [2.24, 2.45) is 0 Å². The van der Waals surface area contributed by atoms with Crippen LogP contribution in [-0.2, 0) is 6.18 Å². The molecule has 0 aliphatic heterocycles. The molecule has 1 aromatic carbocycles. The molecule has 0 atom stereocenters. The van der Waals surface area contributed by atoms with Crippen molar-refractivity contribution in [2.45, 2.75) is 84.0 Å². The van der Waals surface area contributed by atoms with E-state index in [0.29, 0.717) is 12.3 Å². The lowest BCUT2D eigenvalue weighted by Gasteiger charge is -2.29. The Balaban J connectivity index is 0.00000841. The first-order chi connectivity index (χ1) is 13.5. The van der Waals surface area contributed by atoms with Crippen LogP contribution in [0.2, 0.25) is 0 Å². The Kier molecular flexibility index (Phi) is 13.8. The predicted molar refractivity (Wildman–Crippen MR) is 112 cm³/mol. The number of halogens is 7. The van der Waals surface area contributed by atoms with Crippen LogP contribution < -0.4 is 22.3 Å². The lowest BCUT2D eigenvalue weighted by Crippen LogP contribution is -3.00. The van der Waals surface area contributed by atoms with E-state index >= 15 is 0 Å². The van der Waals surface area contributed by atoms with Crippen LogP contribution in [0.5, 0.6) is 0 Å². The molecule has 0 saturated carbocycles. The Morgan fingerprint density at radius 2 is 1.13 bits per heavy atom. The van der Waals surface area contributed by atoms with Crippen molar-refractivity contribution in [1.29, 1.82) is 0 Å². The van der Waals surface area contributed by atoms with Gasteiger partial charge in [-0.25, -0.2) is 0 Å². The van der Waals surface area contributed by atoms with Gasteiger partial charge in [0.15, 0.2) is 0 Å². The summed E-state index contributed by atoms with van der Waals surface area (Å²) in [6, 6.07) is 4.98. The molecule has 0 aliphatic rings. The Morgan fingerprint density at radius 3 is 1.50 bits per heavy atom. The lowest BCUT2D eigenvalue weighted by molar-refractivity contribution is -0.137. The molecular weight excluding hydrogens is 489 g/mol. The van der Waals surface area contributed by atoms with E-state index in [1.807, 2.05) is 0 Å². The van der Waals surface area contributed by atoms with E-state index in [9.17, 15) is 26.3 Å². The minimum Gasteiger partial charge on any atom is -1.00 e. The molecular formula is C22H34BrF6P.